The van der Waals surface area contributed by atoms with Gasteiger partial charge in [-0.15, -0.1) is 0 Å². The molecule has 1 heterocycles. The minimum Gasteiger partial charge on any atom is -0.433 e. The Labute approximate surface area is 117 Å². The highest BCUT2D eigenvalue weighted by Crippen LogP contribution is 2.39. The molecule has 7 heteroatoms. The molecule has 0 saturated heterocycles. The predicted octanol–water partition coefficient (Wildman–Crippen LogP) is 4.88. The molecule has 0 aliphatic carbocycles. The third-order valence-corrected chi connectivity index (χ3v) is 2.82. The number of aromatic nitrogens is 2. The molecule has 0 aliphatic rings. The van der Waals surface area contributed by atoms with E-state index in [0.717, 1.165) is 0 Å². The number of halogens is 4. The smallest absolute Gasteiger partial charge is 0.257 e. The largest absolute Gasteiger partial charge is 0.433 e. The first kappa shape index (κ1) is 12.7. The van der Waals surface area contributed by atoms with Crippen LogP contribution < -0.4 is 4.74 Å². The van der Waals surface area contributed by atoms with Crippen LogP contribution in [0.25, 0.3) is 0 Å². The molecule has 2 rings (SSSR count). The minimum atomic E-state index is 0.120. The Hall–Kier alpha value is -0.740. The topological polar surface area (TPSA) is 35.0 Å². The van der Waals surface area contributed by atoms with E-state index in [-0.39, 0.29) is 26.8 Å². The fourth-order valence-electron chi connectivity index (χ4n) is 1.10. The molecule has 88 valence electrons. The van der Waals surface area contributed by atoms with E-state index in [2.05, 4.69) is 9.97 Å². The van der Waals surface area contributed by atoms with E-state index >= 15 is 0 Å². The monoisotopic (exact) mass is 308 g/mol. The van der Waals surface area contributed by atoms with Crippen LogP contribution in [0.2, 0.25) is 20.2 Å². The summed E-state index contributed by atoms with van der Waals surface area (Å²) in [6.07, 6.45) is 2.89. The van der Waals surface area contributed by atoms with E-state index in [1.165, 1.54) is 24.5 Å². The van der Waals surface area contributed by atoms with Crippen molar-refractivity contribution in [2.75, 3.05) is 0 Å². The highest BCUT2D eigenvalue weighted by molar-refractivity contribution is 6.40. The maximum absolute atomic E-state index is 5.95. The lowest BCUT2D eigenvalue weighted by Crippen LogP contribution is -1.92. The highest BCUT2D eigenvalue weighted by atomic mass is 35.5. The normalized spacial score (nSPS) is 10.4. The lowest BCUT2D eigenvalue weighted by molar-refractivity contribution is 0.461. The molecule has 1 aromatic carbocycles. The average molecular weight is 310 g/mol. The molecule has 0 atom stereocenters. The van der Waals surface area contributed by atoms with Crippen LogP contribution in [0.3, 0.4) is 0 Å². The maximum atomic E-state index is 5.95. The third kappa shape index (κ3) is 2.93. The summed E-state index contributed by atoms with van der Waals surface area (Å²) in [7, 11) is 0. The van der Waals surface area contributed by atoms with E-state index in [1.54, 1.807) is 0 Å². The van der Waals surface area contributed by atoms with Gasteiger partial charge in [0.1, 0.15) is 0 Å². The van der Waals surface area contributed by atoms with Crippen LogP contribution in [-0.2, 0) is 0 Å². The SMILES string of the molecule is Clc1cc(Cl)c(Oc2nccnc2Cl)c(Cl)c1. The molecule has 2 aromatic rings. The Morgan fingerprint density at radius 1 is 0.882 bits per heavy atom. The molecular weight excluding hydrogens is 306 g/mol. The minimum absolute atomic E-state index is 0.120. The van der Waals surface area contributed by atoms with Crippen molar-refractivity contribution in [2.45, 2.75) is 0 Å². The quantitative estimate of drug-likeness (QED) is 0.792. The predicted molar refractivity (Wildman–Crippen MR) is 68.6 cm³/mol. The fourth-order valence-corrected chi connectivity index (χ4v) is 2.14. The zero-order chi connectivity index (χ0) is 12.4. The summed E-state index contributed by atoms with van der Waals surface area (Å²) in [6.45, 7) is 0. The van der Waals surface area contributed by atoms with Gasteiger partial charge in [0, 0.05) is 17.4 Å². The summed E-state index contributed by atoms with van der Waals surface area (Å²) < 4.78 is 5.40. The zero-order valence-electron chi connectivity index (χ0n) is 8.12. The van der Waals surface area contributed by atoms with Crippen LogP contribution in [0.5, 0.6) is 11.6 Å². The van der Waals surface area contributed by atoms with Gasteiger partial charge in [-0.3, -0.25) is 0 Å². The number of nitrogens with zero attached hydrogens (tertiary/aromatic N) is 2. The van der Waals surface area contributed by atoms with Gasteiger partial charge in [0.25, 0.3) is 5.88 Å². The molecule has 0 saturated carbocycles. The van der Waals surface area contributed by atoms with Gasteiger partial charge >= 0.3 is 0 Å². The first-order chi connectivity index (χ1) is 8.08. The van der Waals surface area contributed by atoms with Crippen LogP contribution in [0.4, 0.5) is 0 Å². The number of rotatable bonds is 2. The van der Waals surface area contributed by atoms with Crippen molar-refractivity contribution in [1.29, 1.82) is 0 Å². The van der Waals surface area contributed by atoms with E-state index in [4.69, 9.17) is 51.1 Å². The number of benzene rings is 1. The Bertz CT molecular complexity index is 539. The van der Waals surface area contributed by atoms with Crippen molar-refractivity contribution in [1.82, 2.24) is 9.97 Å². The molecule has 0 unspecified atom stereocenters. The van der Waals surface area contributed by atoms with Crippen LogP contribution in [-0.4, -0.2) is 9.97 Å². The summed E-state index contributed by atoms with van der Waals surface area (Å²) in [6, 6.07) is 3.02. The zero-order valence-corrected chi connectivity index (χ0v) is 11.1. The van der Waals surface area contributed by atoms with Gasteiger partial charge in [-0.25, -0.2) is 9.97 Å². The second kappa shape index (κ2) is 5.27. The van der Waals surface area contributed by atoms with Gasteiger partial charge < -0.3 is 4.74 Å². The Balaban J connectivity index is 2.40. The molecule has 0 bridgehead atoms. The molecule has 0 radical (unpaired) electrons. The van der Waals surface area contributed by atoms with Crippen molar-refractivity contribution < 1.29 is 4.74 Å². The van der Waals surface area contributed by atoms with E-state index < -0.39 is 0 Å². The molecule has 0 fully saturated rings. The molecule has 3 nitrogen and oxygen atoms in total. The fraction of sp³-hybridized carbons (Fsp3) is 0. The second-order valence-corrected chi connectivity index (χ2v) is 4.56. The number of hydrogen-bond donors (Lipinski definition) is 0. The van der Waals surface area contributed by atoms with E-state index in [1.807, 2.05) is 0 Å². The van der Waals surface area contributed by atoms with Gasteiger partial charge in [0.05, 0.1) is 10.0 Å². The number of ether oxygens (including phenoxy) is 1. The van der Waals surface area contributed by atoms with Gasteiger partial charge in [-0.05, 0) is 12.1 Å². The summed E-state index contributed by atoms with van der Waals surface area (Å²) in [5.74, 6) is 0.362. The average Bonchev–Trinajstić information content (AvgIpc) is 2.25. The van der Waals surface area contributed by atoms with Gasteiger partial charge in [0.15, 0.2) is 10.9 Å². The second-order valence-electron chi connectivity index (χ2n) is 2.95. The maximum Gasteiger partial charge on any atom is 0.257 e. The summed E-state index contributed by atoms with van der Waals surface area (Å²) in [4.78, 5) is 7.73. The van der Waals surface area contributed by atoms with Crippen molar-refractivity contribution >= 4 is 46.4 Å². The summed E-state index contributed by atoms with van der Waals surface area (Å²) in [5, 5.41) is 1.07. The first-order valence-corrected chi connectivity index (χ1v) is 5.88. The van der Waals surface area contributed by atoms with Crippen LogP contribution in [0, 0.1) is 0 Å². The van der Waals surface area contributed by atoms with Crippen LogP contribution in [0.15, 0.2) is 24.5 Å². The Morgan fingerprint density at radius 3 is 2.06 bits per heavy atom. The molecule has 0 amide bonds. The summed E-state index contributed by atoms with van der Waals surface area (Å²) in [5.41, 5.74) is 0. The first-order valence-electron chi connectivity index (χ1n) is 4.37. The molecule has 0 N–H and O–H groups in total. The van der Waals surface area contributed by atoms with Crippen molar-refractivity contribution in [3.63, 3.8) is 0 Å². The van der Waals surface area contributed by atoms with Crippen LogP contribution >= 0.6 is 46.4 Å². The van der Waals surface area contributed by atoms with Gasteiger partial charge in [-0.1, -0.05) is 46.4 Å². The van der Waals surface area contributed by atoms with E-state index in [9.17, 15) is 0 Å². The number of hydrogen-bond acceptors (Lipinski definition) is 3. The highest BCUT2D eigenvalue weighted by Gasteiger charge is 2.13. The van der Waals surface area contributed by atoms with Crippen LogP contribution in [0.1, 0.15) is 0 Å². The van der Waals surface area contributed by atoms with Gasteiger partial charge in [-0.2, -0.15) is 0 Å². The molecule has 17 heavy (non-hydrogen) atoms. The molecule has 1 aromatic heterocycles. The van der Waals surface area contributed by atoms with Gasteiger partial charge in [0.2, 0.25) is 0 Å². The standard InChI is InChI=1S/C10H4Cl4N2O/c11-5-3-6(12)8(7(13)4-5)17-10-9(14)15-1-2-16-10/h1-4H. The van der Waals surface area contributed by atoms with Crippen molar-refractivity contribution in [3.05, 3.63) is 44.7 Å². The van der Waals surface area contributed by atoms with E-state index in [0.29, 0.717) is 5.02 Å². The Kier molecular flexibility index (Phi) is 3.94. The third-order valence-electron chi connectivity index (χ3n) is 1.78. The Morgan fingerprint density at radius 2 is 1.47 bits per heavy atom. The van der Waals surface area contributed by atoms with Crippen molar-refractivity contribution in [2.24, 2.45) is 0 Å². The molecular formula is C10H4Cl4N2O. The lowest BCUT2D eigenvalue weighted by Gasteiger charge is -2.09. The molecule has 0 spiro atoms. The molecule has 0 aliphatic heterocycles. The van der Waals surface area contributed by atoms with Crippen molar-refractivity contribution in [3.8, 4) is 11.6 Å². The lowest BCUT2D eigenvalue weighted by atomic mass is 10.3. The summed E-state index contributed by atoms with van der Waals surface area (Å²) >= 11 is 23.5.